The van der Waals surface area contributed by atoms with E-state index >= 15 is 0 Å². The minimum Gasteiger partial charge on any atom is -0.497 e. The summed E-state index contributed by atoms with van der Waals surface area (Å²) in [5.41, 5.74) is 2.96. The molecule has 6 nitrogen and oxygen atoms in total. The van der Waals surface area contributed by atoms with Gasteiger partial charge in [-0.1, -0.05) is 29.8 Å². The van der Waals surface area contributed by atoms with Gasteiger partial charge in [0.2, 0.25) is 0 Å². The third-order valence-corrected chi connectivity index (χ3v) is 5.86. The molecule has 1 atom stereocenters. The van der Waals surface area contributed by atoms with Crippen molar-refractivity contribution in [2.45, 2.75) is 6.04 Å². The number of carbonyl (C=O) groups is 1. The normalized spacial score (nSPS) is 14.6. The number of halogens is 2. The van der Waals surface area contributed by atoms with Crippen molar-refractivity contribution in [3.05, 3.63) is 113 Å². The van der Waals surface area contributed by atoms with Crippen LogP contribution in [0.15, 0.2) is 85.1 Å². The van der Waals surface area contributed by atoms with Crippen LogP contribution in [-0.2, 0) is 0 Å². The largest absolute Gasteiger partial charge is 0.497 e. The number of hydrogen-bond acceptors (Lipinski definition) is 4. The Kier molecular flexibility index (Phi) is 5.77. The first-order valence-corrected chi connectivity index (χ1v) is 10.9. The number of nitrogens with zero attached hydrogens (tertiary/aromatic N) is 2. The van der Waals surface area contributed by atoms with Crippen LogP contribution in [0, 0.1) is 5.82 Å². The summed E-state index contributed by atoms with van der Waals surface area (Å²) in [6, 6.07) is 20.3. The van der Waals surface area contributed by atoms with Crippen LogP contribution in [0.25, 0.3) is 5.70 Å². The first kappa shape index (κ1) is 21.7. The smallest absolute Gasteiger partial charge is 0.261 e. The number of fused-ring (bicyclic) bond motifs is 1. The fourth-order valence-electron chi connectivity index (χ4n) is 3.87. The Hall–Kier alpha value is -4.10. The lowest BCUT2D eigenvalue weighted by Gasteiger charge is -2.26. The summed E-state index contributed by atoms with van der Waals surface area (Å²) in [4.78, 5) is 13.1. The SMILES string of the molecule is COc1ccc(C2=CC(c3ccccc3F)n3ncc(C(=O)Nc4ccc(Cl)cc4)c3N2)cc1. The van der Waals surface area contributed by atoms with Gasteiger partial charge in [-0.2, -0.15) is 5.10 Å². The van der Waals surface area contributed by atoms with Crippen molar-refractivity contribution in [3.63, 3.8) is 0 Å². The molecule has 0 fully saturated rings. The Morgan fingerprint density at radius 1 is 1.09 bits per heavy atom. The van der Waals surface area contributed by atoms with Crippen molar-refractivity contribution in [1.29, 1.82) is 0 Å². The maximum Gasteiger partial charge on any atom is 0.261 e. The van der Waals surface area contributed by atoms with E-state index in [9.17, 15) is 9.18 Å². The average Bonchev–Trinajstić information content (AvgIpc) is 3.30. The van der Waals surface area contributed by atoms with Gasteiger partial charge in [-0.25, -0.2) is 9.07 Å². The molecule has 1 amide bonds. The van der Waals surface area contributed by atoms with E-state index in [0.717, 1.165) is 17.0 Å². The summed E-state index contributed by atoms with van der Waals surface area (Å²) in [6.45, 7) is 0. The number of nitrogens with one attached hydrogen (secondary N) is 2. The van der Waals surface area contributed by atoms with E-state index < -0.39 is 6.04 Å². The van der Waals surface area contributed by atoms with Gasteiger partial charge in [0, 0.05) is 22.0 Å². The molecule has 0 bridgehead atoms. The molecule has 0 saturated heterocycles. The van der Waals surface area contributed by atoms with Gasteiger partial charge >= 0.3 is 0 Å². The van der Waals surface area contributed by atoms with Crippen LogP contribution >= 0.6 is 11.6 Å². The molecule has 0 spiro atoms. The van der Waals surface area contributed by atoms with Gasteiger partial charge in [-0.15, -0.1) is 0 Å². The standard InChI is InChI=1S/C26H20ClFN4O2/c1-34-19-12-6-16(7-13-19)23-14-24(20-4-2-3-5-22(20)28)32-25(31-23)21(15-29-32)26(33)30-18-10-8-17(27)9-11-18/h2-15,24,31H,1H3,(H,30,33). The predicted molar refractivity (Wildman–Crippen MR) is 131 cm³/mol. The van der Waals surface area contributed by atoms with Crippen molar-refractivity contribution in [3.8, 4) is 5.75 Å². The van der Waals surface area contributed by atoms with E-state index in [1.165, 1.54) is 12.3 Å². The van der Waals surface area contributed by atoms with Crippen LogP contribution in [0.3, 0.4) is 0 Å². The highest BCUT2D eigenvalue weighted by molar-refractivity contribution is 6.30. The zero-order valence-corrected chi connectivity index (χ0v) is 18.9. The average molecular weight is 475 g/mol. The monoisotopic (exact) mass is 474 g/mol. The summed E-state index contributed by atoms with van der Waals surface area (Å²) in [7, 11) is 1.60. The van der Waals surface area contributed by atoms with Gasteiger partial charge in [0.25, 0.3) is 5.91 Å². The Labute approximate surface area is 200 Å². The minimum atomic E-state index is -0.549. The van der Waals surface area contributed by atoms with E-state index in [4.69, 9.17) is 16.3 Å². The minimum absolute atomic E-state index is 0.329. The van der Waals surface area contributed by atoms with Crippen molar-refractivity contribution < 1.29 is 13.9 Å². The molecule has 5 rings (SSSR count). The third kappa shape index (κ3) is 4.13. The zero-order chi connectivity index (χ0) is 23.7. The Morgan fingerprint density at radius 3 is 2.53 bits per heavy atom. The second-order valence-corrected chi connectivity index (χ2v) is 8.15. The quantitative estimate of drug-likeness (QED) is 0.372. The molecular formula is C26H20ClFN4O2. The molecule has 0 radical (unpaired) electrons. The van der Waals surface area contributed by atoms with Crippen LogP contribution in [0.4, 0.5) is 15.9 Å². The van der Waals surface area contributed by atoms with E-state index in [-0.39, 0.29) is 11.7 Å². The molecule has 0 aliphatic carbocycles. The maximum absolute atomic E-state index is 14.8. The second-order valence-electron chi connectivity index (χ2n) is 7.71. The van der Waals surface area contributed by atoms with Crippen LogP contribution in [0.5, 0.6) is 5.75 Å². The van der Waals surface area contributed by atoms with Crippen LogP contribution in [0.1, 0.15) is 27.5 Å². The Morgan fingerprint density at radius 2 is 1.82 bits per heavy atom. The molecule has 3 aromatic carbocycles. The zero-order valence-electron chi connectivity index (χ0n) is 18.1. The molecule has 170 valence electrons. The van der Waals surface area contributed by atoms with E-state index in [1.54, 1.807) is 54.3 Å². The van der Waals surface area contributed by atoms with Gasteiger partial charge in [-0.3, -0.25) is 4.79 Å². The molecule has 8 heteroatoms. The fourth-order valence-corrected chi connectivity index (χ4v) is 3.99. The van der Waals surface area contributed by atoms with E-state index in [0.29, 0.717) is 27.7 Å². The molecule has 4 aromatic rings. The molecule has 1 aliphatic heterocycles. The number of ether oxygens (including phenoxy) is 1. The summed E-state index contributed by atoms with van der Waals surface area (Å²) in [6.07, 6.45) is 3.37. The van der Waals surface area contributed by atoms with Crippen molar-refractivity contribution in [2.24, 2.45) is 0 Å². The number of anilines is 2. The Bertz CT molecular complexity index is 1380. The fraction of sp³-hybridized carbons (Fsp3) is 0.0769. The number of hydrogen-bond donors (Lipinski definition) is 2. The van der Waals surface area contributed by atoms with Crippen molar-refractivity contribution in [1.82, 2.24) is 9.78 Å². The molecule has 0 saturated carbocycles. The topological polar surface area (TPSA) is 68.2 Å². The van der Waals surface area contributed by atoms with Gasteiger partial charge in [0.1, 0.15) is 29.0 Å². The molecule has 34 heavy (non-hydrogen) atoms. The number of carbonyl (C=O) groups excluding carboxylic acids is 1. The first-order chi connectivity index (χ1) is 16.5. The summed E-state index contributed by atoms with van der Waals surface area (Å²) >= 11 is 5.94. The molecule has 1 aliphatic rings. The van der Waals surface area contributed by atoms with E-state index in [2.05, 4.69) is 15.7 Å². The van der Waals surface area contributed by atoms with Crippen LogP contribution < -0.4 is 15.4 Å². The van der Waals surface area contributed by atoms with Gasteiger partial charge in [0.05, 0.1) is 13.3 Å². The highest BCUT2D eigenvalue weighted by Gasteiger charge is 2.29. The maximum atomic E-state index is 14.8. The number of allylic oxidation sites excluding steroid dienone is 1. The predicted octanol–water partition coefficient (Wildman–Crippen LogP) is 5.99. The number of rotatable bonds is 5. The van der Waals surface area contributed by atoms with Crippen molar-refractivity contribution in [2.75, 3.05) is 17.7 Å². The Balaban J connectivity index is 1.55. The highest BCUT2D eigenvalue weighted by atomic mass is 35.5. The van der Waals surface area contributed by atoms with Gasteiger partial charge in [-0.05, 0) is 66.2 Å². The molecule has 2 N–H and O–H groups in total. The van der Waals surface area contributed by atoms with Gasteiger partial charge < -0.3 is 15.4 Å². The van der Waals surface area contributed by atoms with Gasteiger partial charge in [0.15, 0.2) is 0 Å². The molecule has 1 unspecified atom stereocenters. The summed E-state index contributed by atoms with van der Waals surface area (Å²) < 4.78 is 21.7. The lowest BCUT2D eigenvalue weighted by molar-refractivity contribution is 0.102. The number of benzene rings is 3. The van der Waals surface area contributed by atoms with Crippen molar-refractivity contribution >= 4 is 34.7 Å². The molecule has 1 aromatic heterocycles. The second kappa shape index (κ2) is 9.03. The number of aromatic nitrogens is 2. The lowest BCUT2D eigenvalue weighted by Crippen LogP contribution is -2.22. The number of amides is 1. The third-order valence-electron chi connectivity index (χ3n) is 5.61. The summed E-state index contributed by atoms with van der Waals surface area (Å²) in [5, 5.41) is 11.2. The van der Waals surface area contributed by atoms with E-state index in [1.807, 2.05) is 30.3 Å². The van der Waals surface area contributed by atoms with Crippen LogP contribution in [-0.4, -0.2) is 22.8 Å². The van der Waals surface area contributed by atoms with Crippen LogP contribution in [0.2, 0.25) is 5.02 Å². The lowest BCUT2D eigenvalue weighted by atomic mass is 10.0. The summed E-state index contributed by atoms with van der Waals surface area (Å²) in [5.74, 6) is 0.486. The molecular weight excluding hydrogens is 455 g/mol. The highest BCUT2D eigenvalue weighted by Crippen LogP contribution is 2.36. The molecule has 2 heterocycles. The first-order valence-electron chi connectivity index (χ1n) is 10.6. The number of methoxy groups -OCH3 is 1.